The van der Waals surface area contributed by atoms with Crippen molar-refractivity contribution < 1.29 is 19.6 Å². The molecule has 0 aliphatic heterocycles. The van der Waals surface area contributed by atoms with Crippen LogP contribution < -0.4 is 5.59 Å². The fraction of sp³-hybridized carbons (Fsp3) is 0.417. The highest BCUT2D eigenvalue weighted by molar-refractivity contribution is 6.59. The third-order valence-electron chi connectivity index (χ3n) is 2.15. The number of hydrogen-bond acceptors (Lipinski definition) is 4. The van der Waals surface area contributed by atoms with Gasteiger partial charge in [-0.1, -0.05) is 6.08 Å². The second-order valence-corrected chi connectivity index (χ2v) is 4.99. The van der Waals surface area contributed by atoms with E-state index in [1.54, 1.807) is 32.9 Å². The lowest BCUT2D eigenvalue weighted by Gasteiger charge is -2.19. The van der Waals surface area contributed by atoms with Crippen LogP contribution in [0.1, 0.15) is 36.8 Å². The molecule has 0 atom stereocenters. The molecule has 5 nitrogen and oxygen atoms in total. The van der Waals surface area contributed by atoms with Crippen molar-refractivity contribution in [2.24, 2.45) is 0 Å². The Morgan fingerprint density at radius 3 is 2.61 bits per heavy atom. The van der Waals surface area contributed by atoms with Crippen LogP contribution in [0.15, 0.2) is 18.7 Å². The van der Waals surface area contributed by atoms with Crippen LogP contribution >= 0.6 is 0 Å². The van der Waals surface area contributed by atoms with Gasteiger partial charge in [-0.15, -0.1) is 6.58 Å². The van der Waals surface area contributed by atoms with E-state index in [9.17, 15) is 14.8 Å². The molecule has 1 heterocycles. The summed E-state index contributed by atoms with van der Waals surface area (Å²) in [5.41, 5.74) is 0.219. The van der Waals surface area contributed by atoms with E-state index in [0.29, 0.717) is 12.1 Å². The Hall–Kier alpha value is -1.53. The van der Waals surface area contributed by atoms with Crippen LogP contribution in [0, 0.1) is 0 Å². The van der Waals surface area contributed by atoms with Gasteiger partial charge in [0.2, 0.25) is 0 Å². The highest BCUT2D eigenvalue weighted by atomic mass is 16.6. The van der Waals surface area contributed by atoms with E-state index in [-0.39, 0.29) is 11.2 Å². The van der Waals surface area contributed by atoms with Crippen molar-refractivity contribution in [3.8, 4) is 0 Å². The number of aromatic nitrogens is 1. The summed E-state index contributed by atoms with van der Waals surface area (Å²) in [7, 11) is -1.74. The summed E-state index contributed by atoms with van der Waals surface area (Å²) < 4.78 is 5.20. The van der Waals surface area contributed by atoms with Gasteiger partial charge in [-0.3, -0.25) is 0 Å². The maximum Gasteiger partial charge on any atom is 0.506 e. The number of rotatable bonds is 4. The number of carbonyl (C=O) groups is 1. The van der Waals surface area contributed by atoms with Gasteiger partial charge in [0.15, 0.2) is 0 Å². The molecule has 1 aromatic rings. The van der Waals surface area contributed by atoms with Gasteiger partial charge in [0.1, 0.15) is 5.60 Å². The van der Waals surface area contributed by atoms with E-state index < -0.39 is 18.7 Å². The molecule has 0 aliphatic carbocycles. The number of carbonyl (C=O) groups excluding carboxylic acids is 1. The van der Waals surface area contributed by atoms with E-state index in [2.05, 4.69) is 11.6 Å². The summed E-state index contributed by atoms with van der Waals surface area (Å²) in [4.78, 5) is 14.7. The maximum absolute atomic E-state index is 11.9. The van der Waals surface area contributed by atoms with Crippen LogP contribution in [0.5, 0.6) is 0 Å². The van der Waals surface area contributed by atoms with Crippen molar-refractivity contribution in [1.82, 2.24) is 4.98 Å². The van der Waals surface area contributed by atoms with E-state index in [0.717, 1.165) is 0 Å². The quantitative estimate of drug-likeness (QED) is 0.410. The molecular formula is C12H18BNO4. The van der Waals surface area contributed by atoms with Gasteiger partial charge in [-0.25, -0.2) is 4.79 Å². The SMILES string of the molecule is C=CCc1cc(C(=O)OC(C)(C)C)c(B(O)O)[nH]1. The summed E-state index contributed by atoms with van der Waals surface area (Å²) in [6.07, 6.45) is 2.15. The molecule has 3 N–H and O–H groups in total. The molecule has 0 aliphatic rings. The predicted molar refractivity (Wildman–Crippen MR) is 69.7 cm³/mol. The van der Waals surface area contributed by atoms with E-state index in [4.69, 9.17) is 4.74 Å². The number of esters is 1. The average Bonchev–Trinajstić information content (AvgIpc) is 2.59. The summed E-state index contributed by atoms with van der Waals surface area (Å²) >= 11 is 0. The minimum absolute atomic E-state index is 0.0427. The van der Waals surface area contributed by atoms with Crippen LogP contribution in [0.4, 0.5) is 0 Å². The summed E-state index contributed by atoms with van der Waals surface area (Å²) in [6.45, 7) is 8.82. The number of aromatic amines is 1. The van der Waals surface area contributed by atoms with Crippen LogP contribution in [0.3, 0.4) is 0 Å². The molecular weight excluding hydrogens is 233 g/mol. The Labute approximate surface area is 107 Å². The number of H-pyrrole nitrogens is 1. The first-order valence-corrected chi connectivity index (χ1v) is 5.66. The van der Waals surface area contributed by atoms with E-state index in [1.165, 1.54) is 0 Å². The Morgan fingerprint density at radius 1 is 1.56 bits per heavy atom. The van der Waals surface area contributed by atoms with Crippen molar-refractivity contribution in [3.05, 3.63) is 30.0 Å². The standard InChI is InChI=1S/C12H18BNO4/c1-5-6-8-7-9(10(14-8)13(16)17)11(15)18-12(2,3)4/h5,7,14,16-17H,1,6H2,2-4H3. The average molecular weight is 251 g/mol. The van der Waals surface area contributed by atoms with Crippen molar-refractivity contribution in [2.45, 2.75) is 32.8 Å². The lowest BCUT2D eigenvalue weighted by atomic mass is 9.83. The van der Waals surface area contributed by atoms with Gasteiger partial charge in [0.05, 0.1) is 11.2 Å². The zero-order chi connectivity index (χ0) is 13.9. The molecule has 0 saturated carbocycles. The number of ether oxygens (including phenoxy) is 1. The number of hydrogen-bond donors (Lipinski definition) is 3. The molecule has 1 aromatic heterocycles. The van der Waals surface area contributed by atoms with Crippen molar-refractivity contribution in [2.75, 3.05) is 0 Å². The van der Waals surface area contributed by atoms with Crippen LogP contribution in [0.25, 0.3) is 0 Å². The molecule has 0 spiro atoms. The first-order valence-electron chi connectivity index (χ1n) is 5.66. The van der Waals surface area contributed by atoms with Crippen molar-refractivity contribution >= 4 is 18.7 Å². The first kappa shape index (κ1) is 14.5. The summed E-state index contributed by atoms with van der Waals surface area (Å²) in [5.74, 6) is -0.586. The summed E-state index contributed by atoms with van der Waals surface area (Å²) in [5, 5.41) is 18.4. The largest absolute Gasteiger partial charge is 0.506 e. The highest BCUT2D eigenvalue weighted by Gasteiger charge is 2.27. The molecule has 0 unspecified atom stereocenters. The normalized spacial score (nSPS) is 11.2. The van der Waals surface area contributed by atoms with Crippen molar-refractivity contribution in [3.63, 3.8) is 0 Å². The minimum atomic E-state index is -1.74. The van der Waals surface area contributed by atoms with E-state index in [1.807, 2.05) is 0 Å². The Morgan fingerprint density at radius 2 is 2.17 bits per heavy atom. The molecule has 6 heteroatoms. The van der Waals surface area contributed by atoms with E-state index >= 15 is 0 Å². The highest BCUT2D eigenvalue weighted by Crippen LogP contribution is 2.12. The van der Waals surface area contributed by atoms with Gasteiger partial charge in [0.25, 0.3) is 0 Å². The molecule has 0 bridgehead atoms. The molecule has 0 radical (unpaired) electrons. The molecule has 1 rings (SSSR count). The zero-order valence-corrected chi connectivity index (χ0v) is 10.9. The van der Waals surface area contributed by atoms with Gasteiger partial charge in [-0.05, 0) is 26.8 Å². The third-order valence-corrected chi connectivity index (χ3v) is 2.15. The van der Waals surface area contributed by atoms with Crippen LogP contribution in [-0.4, -0.2) is 33.7 Å². The fourth-order valence-electron chi connectivity index (χ4n) is 1.50. The fourth-order valence-corrected chi connectivity index (χ4v) is 1.50. The maximum atomic E-state index is 11.9. The van der Waals surface area contributed by atoms with Crippen LogP contribution in [0.2, 0.25) is 0 Å². The Bertz CT molecular complexity index is 445. The second-order valence-electron chi connectivity index (χ2n) is 4.99. The minimum Gasteiger partial charge on any atom is -0.456 e. The Balaban J connectivity index is 3.05. The lowest BCUT2D eigenvalue weighted by Crippen LogP contribution is -2.37. The second kappa shape index (κ2) is 5.41. The van der Waals surface area contributed by atoms with Crippen LogP contribution in [-0.2, 0) is 11.2 Å². The number of allylic oxidation sites excluding steroid dienone is 1. The topological polar surface area (TPSA) is 82.6 Å². The first-order chi connectivity index (χ1) is 8.24. The zero-order valence-electron chi connectivity index (χ0n) is 10.9. The molecule has 0 aromatic carbocycles. The summed E-state index contributed by atoms with van der Waals surface area (Å²) in [6, 6.07) is 1.55. The van der Waals surface area contributed by atoms with Gasteiger partial charge < -0.3 is 19.8 Å². The molecule has 98 valence electrons. The molecule has 18 heavy (non-hydrogen) atoms. The van der Waals surface area contributed by atoms with Gasteiger partial charge in [0, 0.05) is 12.1 Å². The van der Waals surface area contributed by atoms with Crippen molar-refractivity contribution in [1.29, 1.82) is 0 Å². The van der Waals surface area contributed by atoms with Gasteiger partial charge in [-0.2, -0.15) is 0 Å². The number of nitrogens with one attached hydrogen (secondary N) is 1. The van der Waals surface area contributed by atoms with Gasteiger partial charge >= 0.3 is 13.1 Å². The third kappa shape index (κ3) is 3.75. The predicted octanol–water partition coefficient (Wildman–Crippen LogP) is 0.378. The molecule has 0 amide bonds. The smallest absolute Gasteiger partial charge is 0.456 e. The molecule has 0 fully saturated rings. The monoisotopic (exact) mass is 251 g/mol. The molecule has 0 saturated heterocycles. The Kier molecular flexibility index (Phi) is 4.37. The lowest BCUT2D eigenvalue weighted by molar-refractivity contribution is 0.00707.